The van der Waals surface area contributed by atoms with Gasteiger partial charge in [-0.1, -0.05) is 30.3 Å². The molecular formula is C14H19NO4. The Morgan fingerprint density at radius 3 is 2.37 bits per heavy atom. The normalized spacial score (nSPS) is 10.4. The Kier molecular flexibility index (Phi) is 6.60. The second kappa shape index (κ2) is 8.26. The molecule has 0 saturated carbocycles. The SMILES string of the molecule is COC(=O)CCN(CCC(=O)O)Cc1ccccc1. The number of carboxylic acids is 1. The molecule has 1 aromatic carbocycles. The summed E-state index contributed by atoms with van der Waals surface area (Å²) in [6.07, 6.45) is 0.330. The second-order valence-electron chi connectivity index (χ2n) is 4.23. The van der Waals surface area contributed by atoms with Crippen LogP contribution in [0, 0.1) is 0 Å². The summed E-state index contributed by atoms with van der Waals surface area (Å²) in [6, 6.07) is 9.76. The quantitative estimate of drug-likeness (QED) is 0.722. The van der Waals surface area contributed by atoms with Crippen LogP contribution in [0.3, 0.4) is 0 Å². The number of carbonyl (C=O) groups is 2. The number of methoxy groups -OCH3 is 1. The van der Waals surface area contributed by atoms with Crippen LogP contribution in [-0.4, -0.2) is 42.1 Å². The Hall–Kier alpha value is -1.88. The van der Waals surface area contributed by atoms with Crippen molar-refractivity contribution in [1.29, 1.82) is 0 Å². The smallest absolute Gasteiger partial charge is 0.306 e. The zero-order valence-corrected chi connectivity index (χ0v) is 11.0. The number of rotatable bonds is 8. The Balaban J connectivity index is 2.53. The monoisotopic (exact) mass is 265 g/mol. The molecule has 19 heavy (non-hydrogen) atoms. The van der Waals surface area contributed by atoms with Gasteiger partial charge < -0.3 is 9.84 Å². The maximum Gasteiger partial charge on any atom is 0.306 e. The molecule has 5 nitrogen and oxygen atoms in total. The lowest BCUT2D eigenvalue weighted by atomic mass is 10.2. The lowest BCUT2D eigenvalue weighted by molar-refractivity contribution is -0.141. The number of ether oxygens (including phenoxy) is 1. The minimum Gasteiger partial charge on any atom is -0.481 e. The molecule has 0 bridgehead atoms. The highest BCUT2D eigenvalue weighted by atomic mass is 16.5. The Morgan fingerprint density at radius 1 is 1.16 bits per heavy atom. The maximum absolute atomic E-state index is 11.1. The Labute approximate surface area is 112 Å². The lowest BCUT2D eigenvalue weighted by Gasteiger charge is -2.21. The van der Waals surface area contributed by atoms with Gasteiger partial charge in [-0.3, -0.25) is 14.5 Å². The van der Waals surface area contributed by atoms with E-state index in [0.29, 0.717) is 19.6 Å². The average molecular weight is 265 g/mol. The van der Waals surface area contributed by atoms with Crippen LogP contribution in [-0.2, 0) is 20.9 Å². The largest absolute Gasteiger partial charge is 0.481 e. The van der Waals surface area contributed by atoms with Gasteiger partial charge in [-0.25, -0.2) is 0 Å². The van der Waals surface area contributed by atoms with Crippen molar-refractivity contribution in [2.24, 2.45) is 0 Å². The van der Waals surface area contributed by atoms with Crippen molar-refractivity contribution in [3.63, 3.8) is 0 Å². The molecule has 0 amide bonds. The van der Waals surface area contributed by atoms with Gasteiger partial charge in [0.15, 0.2) is 0 Å². The van der Waals surface area contributed by atoms with Crippen LogP contribution in [0.4, 0.5) is 0 Å². The predicted molar refractivity (Wildman–Crippen MR) is 70.6 cm³/mol. The van der Waals surface area contributed by atoms with E-state index in [2.05, 4.69) is 4.74 Å². The third-order valence-corrected chi connectivity index (χ3v) is 2.75. The number of benzene rings is 1. The van der Waals surface area contributed by atoms with Crippen molar-refractivity contribution >= 4 is 11.9 Å². The second-order valence-corrected chi connectivity index (χ2v) is 4.23. The fourth-order valence-electron chi connectivity index (χ4n) is 1.72. The van der Waals surface area contributed by atoms with E-state index in [1.54, 1.807) is 0 Å². The third kappa shape index (κ3) is 6.57. The van der Waals surface area contributed by atoms with Gasteiger partial charge in [0, 0.05) is 19.6 Å². The van der Waals surface area contributed by atoms with Gasteiger partial charge >= 0.3 is 11.9 Å². The molecule has 0 atom stereocenters. The molecule has 104 valence electrons. The van der Waals surface area contributed by atoms with Gasteiger partial charge in [0.2, 0.25) is 0 Å². The van der Waals surface area contributed by atoms with E-state index in [1.165, 1.54) is 7.11 Å². The number of carbonyl (C=O) groups excluding carboxylic acids is 1. The van der Waals surface area contributed by atoms with E-state index in [-0.39, 0.29) is 18.8 Å². The molecule has 0 heterocycles. The van der Waals surface area contributed by atoms with Gasteiger partial charge in [-0.15, -0.1) is 0 Å². The van der Waals surface area contributed by atoms with Gasteiger partial charge in [0.25, 0.3) is 0 Å². The van der Waals surface area contributed by atoms with Crippen molar-refractivity contribution in [3.05, 3.63) is 35.9 Å². The minimum atomic E-state index is -0.837. The summed E-state index contributed by atoms with van der Waals surface area (Å²) in [5.41, 5.74) is 1.10. The summed E-state index contributed by atoms with van der Waals surface area (Å²) in [4.78, 5) is 23.7. The molecule has 0 aliphatic rings. The van der Waals surface area contributed by atoms with E-state index >= 15 is 0 Å². The predicted octanol–water partition coefficient (Wildman–Crippen LogP) is 1.53. The Morgan fingerprint density at radius 2 is 1.79 bits per heavy atom. The first-order valence-corrected chi connectivity index (χ1v) is 6.16. The molecule has 1 N–H and O–H groups in total. The lowest BCUT2D eigenvalue weighted by Crippen LogP contribution is -2.28. The van der Waals surface area contributed by atoms with Gasteiger partial charge in [-0.2, -0.15) is 0 Å². The average Bonchev–Trinajstić information content (AvgIpc) is 2.42. The standard InChI is InChI=1S/C14H19NO4/c1-19-14(18)8-10-15(9-7-13(16)17)11-12-5-3-2-4-6-12/h2-6H,7-11H2,1H3,(H,16,17). The first-order valence-electron chi connectivity index (χ1n) is 6.16. The number of hydrogen-bond acceptors (Lipinski definition) is 4. The molecule has 0 fully saturated rings. The molecule has 0 aromatic heterocycles. The third-order valence-electron chi connectivity index (χ3n) is 2.75. The van der Waals surface area contributed by atoms with Crippen LogP contribution < -0.4 is 0 Å². The molecule has 1 rings (SSSR count). The van der Waals surface area contributed by atoms with Crippen LogP contribution >= 0.6 is 0 Å². The van der Waals surface area contributed by atoms with Gasteiger partial charge in [-0.05, 0) is 5.56 Å². The number of nitrogens with zero attached hydrogens (tertiary/aromatic N) is 1. The summed E-state index contributed by atoms with van der Waals surface area (Å²) in [6.45, 7) is 1.54. The molecule has 1 aromatic rings. The highest BCUT2D eigenvalue weighted by Crippen LogP contribution is 2.06. The van der Waals surface area contributed by atoms with E-state index < -0.39 is 5.97 Å². The summed E-state index contributed by atoms with van der Waals surface area (Å²) in [5.74, 6) is -1.12. The van der Waals surface area contributed by atoms with Gasteiger partial charge in [0.1, 0.15) is 0 Å². The molecule has 0 spiro atoms. The first kappa shape index (κ1) is 15.2. The molecule has 0 saturated heterocycles. The Bertz CT molecular complexity index is 405. The van der Waals surface area contributed by atoms with Gasteiger partial charge in [0.05, 0.1) is 20.0 Å². The fraction of sp³-hybridized carbons (Fsp3) is 0.429. The fourth-order valence-corrected chi connectivity index (χ4v) is 1.72. The van der Waals surface area contributed by atoms with Crippen LogP contribution in [0.15, 0.2) is 30.3 Å². The van der Waals surface area contributed by atoms with Crippen molar-refractivity contribution in [2.45, 2.75) is 19.4 Å². The summed E-state index contributed by atoms with van der Waals surface area (Å²) in [7, 11) is 1.35. The highest BCUT2D eigenvalue weighted by Gasteiger charge is 2.10. The van der Waals surface area contributed by atoms with E-state index in [4.69, 9.17) is 5.11 Å². The number of esters is 1. The number of aliphatic carboxylic acids is 1. The minimum absolute atomic E-state index is 0.0635. The number of carboxylic acid groups (broad SMARTS) is 1. The highest BCUT2D eigenvalue weighted by molar-refractivity contribution is 5.69. The van der Waals surface area contributed by atoms with Crippen molar-refractivity contribution in [2.75, 3.05) is 20.2 Å². The van der Waals surface area contributed by atoms with Crippen molar-refractivity contribution in [3.8, 4) is 0 Å². The molecule has 0 aliphatic carbocycles. The molecule has 5 heteroatoms. The maximum atomic E-state index is 11.1. The van der Waals surface area contributed by atoms with Crippen LogP contribution in [0.5, 0.6) is 0 Å². The first-order chi connectivity index (χ1) is 9.11. The summed E-state index contributed by atoms with van der Waals surface area (Å²) < 4.78 is 4.59. The van der Waals surface area contributed by atoms with E-state index in [9.17, 15) is 9.59 Å². The summed E-state index contributed by atoms with van der Waals surface area (Å²) >= 11 is 0. The van der Waals surface area contributed by atoms with Crippen LogP contribution in [0.2, 0.25) is 0 Å². The zero-order chi connectivity index (χ0) is 14.1. The zero-order valence-electron chi connectivity index (χ0n) is 11.0. The molecule has 0 unspecified atom stereocenters. The van der Waals surface area contributed by atoms with Crippen LogP contribution in [0.1, 0.15) is 18.4 Å². The van der Waals surface area contributed by atoms with E-state index in [1.807, 2.05) is 35.2 Å². The molecular weight excluding hydrogens is 246 g/mol. The topological polar surface area (TPSA) is 66.8 Å². The van der Waals surface area contributed by atoms with E-state index in [0.717, 1.165) is 5.56 Å². The molecule has 0 aliphatic heterocycles. The molecule has 0 radical (unpaired) electrons. The summed E-state index contributed by atoms with van der Waals surface area (Å²) in [5, 5.41) is 8.73. The van der Waals surface area contributed by atoms with Crippen molar-refractivity contribution < 1.29 is 19.4 Å². The number of hydrogen-bond donors (Lipinski definition) is 1. The van der Waals surface area contributed by atoms with Crippen molar-refractivity contribution in [1.82, 2.24) is 4.90 Å². The van der Waals surface area contributed by atoms with Crippen LogP contribution in [0.25, 0.3) is 0 Å².